The molecule has 0 spiro atoms. The number of anilines is 1. The molecule has 1 aliphatic carbocycles. The minimum absolute atomic E-state index is 0.210. The maximum absolute atomic E-state index is 13.1. The van der Waals surface area contributed by atoms with Gasteiger partial charge in [0.05, 0.1) is 10.6 Å². The average molecular weight is 507 g/mol. The van der Waals surface area contributed by atoms with Crippen molar-refractivity contribution >= 4 is 33.8 Å². The Kier molecular flexibility index (Phi) is 9.22. The van der Waals surface area contributed by atoms with Crippen LogP contribution in [-0.2, 0) is 19.4 Å². The lowest BCUT2D eigenvalue weighted by molar-refractivity contribution is 0.102. The van der Waals surface area contributed by atoms with Crippen LogP contribution in [0.4, 0.5) is 5.00 Å². The van der Waals surface area contributed by atoms with Gasteiger partial charge in [-0.25, -0.2) is 0 Å². The number of carbonyl (C=O) groups is 1. The van der Waals surface area contributed by atoms with Gasteiger partial charge < -0.3 is 10.1 Å². The summed E-state index contributed by atoms with van der Waals surface area (Å²) >= 11 is 7.75. The molecule has 4 nitrogen and oxygen atoms in total. The highest BCUT2D eigenvalue weighted by Crippen LogP contribution is 2.36. The van der Waals surface area contributed by atoms with Crippen LogP contribution in [0.2, 0.25) is 5.02 Å². The number of ether oxygens (including phenoxy) is 1. The molecule has 1 aromatic heterocycles. The lowest BCUT2D eigenvalue weighted by Gasteiger charge is -2.09. The van der Waals surface area contributed by atoms with Gasteiger partial charge in [-0.1, -0.05) is 74.4 Å². The highest BCUT2D eigenvalue weighted by atomic mass is 35.5. The second-order valence-electron chi connectivity index (χ2n) is 9.02. The second-order valence-corrected chi connectivity index (χ2v) is 10.5. The SMILES string of the molecule is N#Cc1c(NC(=O)c2cccc(COc3ccccc3Cl)c2)sc2c1CCCCCCCCCC2. The molecule has 0 radical (unpaired) electrons. The number of halogens is 1. The minimum Gasteiger partial charge on any atom is -0.487 e. The van der Waals surface area contributed by atoms with E-state index in [4.69, 9.17) is 16.3 Å². The highest BCUT2D eigenvalue weighted by molar-refractivity contribution is 7.16. The van der Waals surface area contributed by atoms with Crippen molar-refractivity contribution in [3.63, 3.8) is 0 Å². The molecule has 35 heavy (non-hydrogen) atoms. The summed E-state index contributed by atoms with van der Waals surface area (Å²) in [6, 6.07) is 17.1. The van der Waals surface area contributed by atoms with Crippen LogP contribution in [0.1, 0.15) is 83.3 Å². The molecule has 1 amide bonds. The fourth-order valence-electron chi connectivity index (χ4n) is 4.53. The number of carbonyl (C=O) groups excluding carboxylic acids is 1. The second kappa shape index (κ2) is 12.8. The van der Waals surface area contributed by atoms with Crippen molar-refractivity contribution in [2.45, 2.75) is 70.8 Å². The lowest BCUT2D eigenvalue weighted by Crippen LogP contribution is -2.12. The molecule has 2 aromatic carbocycles. The Hall–Kier alpha value is -2.81. The summed E-state index contributed by atoms with van der Waals surface area (Å²) in [6.07, 6.45) is 11.7. The number of nitrogens with zero attached hydrogens (tertiary/aromatic N) is 1. The van der Waals surface area contributed by atoms with Crippen molar-refractivity contribution in [3.05, 3.63) is 80.7 Å². The fraction of sp³-hybridized carbons (Fsp3) is 0.379. The van der Waals surface area contributed by atoms with E-state index in [1.54, 1.807) is 23.5 Å². The first kappa shape index (κ1) is 25.3. The third kappa shape index (κ3) is 6.87. The quantitative estimate of drug-likeness (QED) is 0.378. The van der Waals surface area contributed by atoms with E-state index in [0.29, 0.717) is 33.5 Å². The first-order valence-electron chi connectivity index (χ1n) is 12.5. The van der Waals surface area contributed by atoms with E-state index in [0.717, 1.165) is 36.8 Å². The van der Waals surface area contributed by atoms with Crippen LogP contribution < -0.4 is 10.1 Å². The number of thiophene rings is 1. The minimum atomic E-state index is -0.210. The molecule has 1 heterocycles. The van der Waals surface area contributed by atoms with E-state index < -0.39 is 0 Å². The Morgan fingerprint density at radius 1 is 0.971 bits per heavy atom. The van der Waals surface area contributed by atoms with E-state index in [1.165, 1.54) is 43.4 Å². The molecular weight excluding hydrogens is 476 g/mol. The fourth-order valence-corrected chi connectivity index (χ4v) is 5.96. The zero-order chi connectivity index (χ0) is 24.5. The van der Waals surface area contributed by atoms with Gasteiger partial charge >= 0.3 is 0 Å². The normalized spacial score (nSPS) is 14.6. The Morgan fingerprint density at radius 2 is 1.69 bits per heavy atom. The Balaban J connectivity index is 1.48. The summed E-state index contributed by atoms with van der Waals surface area (Å²) in [6.45, 7) is 0.307. The van der Waals surface area contributed by atoms with Crippen molar-refractivity contribution in [1.82, 2.24) is 0 Å². The maximum atomic E-state index is 13.1. The largest absolute Gasteiger partial charge is 0.487 e. The van der Waals surface area contributed by atoms with E-state index in [1.807, 2.05) is 36.4 Å². The molecule has 3 aromatic rings. The maximum Gasteiger partial charge on any atom is 0.256 e. The number of benzene rings is 2. The Bertz CT molecular complexity index is 1200. The van der Waals surface area contributed by atoms with Gasteiger partial charge in [-0.2, -0.15) is 5.26 Å². The predicted octanol–water partition coefficient (Wildman–Crippen LogP) is 8.32. The predicted molar refractivity (Wildman–Crippen MR) is 144 cm³/mol. The van der Waals surface area contributed by atoms with Crippen LogP contribution in [-0.4, -0.2) is 5.91 Å². The Labute approximate surface area is 216 Å². The van der Waals surface area contributed by atoms with Crippen LogP contribution >= 0.6 is 22.9 Å². The zero-order valence-electron chi connectivity index (χ0n) is 19.9. The summed E-state index contributed by atoms with van der Waals surface area (Å²) in [5, 5.41) is 14.2. The first-order valence-corrected chi connectivity index (χ1v) is 13.7. The monoisotopic (exact) mass is 506 g/mol. The van der Waals surface area contributed by atoms with Crippen molar-refractivity contribution in [1.29, 1.82) is 5.26 Å². The number of hydrogen-bond acceptors (Lipinski definition) is 4. The molecule has 182 valence electrons. The number of para-hydroxylation sites is 1. The van der Waals surface area contributed by atoms with E-state index in [2.05, 4.69) is 11.4 Å². The molecule has 1 aliphatic rings. The van der Waals surface area contributed by atoms with Crippen LogP contribution in [0.25, 0.3) is 0 Å². The lowest BCUT2D eigenvalue weighted by atomic mass is 9.98. The van der Waals surface area contributed by atoms with Crippen LogP contribution in [0.15, 0.2) is 48.5 Å². The summed E-state index contributed by atoms with van der Waals surface area (Å²) in [5.41, 5.74) is 3.21. The molecule has 0 fully saturated rings. The number of aryl methyl sites for hydroxylation is 1. The molecule has 0 saturated carbocycles. The van der Waals surface area contributed by atoms with E-state index >= 15 is 0 Å². The molecular formula is C29H31ClN2O2S. The number of nitriles is 1. The van der Waals surface area contributed by atoms with E-state index in [9.17, 15) is 10.1 Å². The van der Waals surface area contributed by atoms with Gasteiger partial charge in [0, 0.05) is 10.4 Å². The third-order valence-electron chi connectivity index (χ3n) is 6.43. The van der Waals surface area contributed by atoms with Crippen molar-refractivity contribution in [2.75, 3.05) is 5.32 Å². The molecule has 0 bridgehead atoms. The standard InChI is InChI=1S/C29H31ClN2O2S/c30-25-15-9-10-16-26(25)34-20-21-12-11-13-22(18-21)28(33)32-29-24(19-31)23-14-7-5-3-1-2-4-6-8-17-27(23)35-29/h9-13,15-16,18H,1-8,14,17,20H2,(H,32,33). The van der Waals surface area contributed by atoms with E-state index in [-0.39, 0.29) is 5.91 Å². The number of nitrogens with one attached hydrogen (secondary N) is 1. The smallest absolute Gasteiger partial charge is 0.256 e. The average Bonchev–Trinajstić information content (AvgIpc) is 3.19. The Morgan fingerprint density at radius 3 is 2.43 bits per heavy atom. The van der Waals surface area contributed by atoms with Crippen LogP contribution in [0, 0.1) is 11.3 Å². The van der Waals surface area contributed by atoms with Crippen molar-refractivity contribution in [2.24, 2.45) is 0 Å². The molecule has 6 heteroatoms. The molecule has 1 N–H and O–H groups in total. The highest BCUT2D eigenvalue weighted by Gasteiger charge is 2.20. The number of hydrogen-bond donors (Lipinski definition) is 1. The van der Waals surface area contributed by atoms with Crippen molar-refractivity contribution < 1.29 is 9.53 Å². The molecule has 0 saturated heterocycles. The molecule has 0 unspecified atom stereocenters. The van der Waals surface area contributed by atoms with Crippen LogP contribution in [0.3, 0.4) is 0 Å². The summed E-state index contributed by atoms with van der Waals surface area (Å²) < 4.78 is 5.82. The summed E-state index contributed by atoms with van der Waals surface area (Å²) in [5.74, 6) is 0.398. The molecule has 4 rings (SSSR count). The van der Waals surface area contributed by atoms with Gasteiger partial charge in [-0.05, 0) is 61.1 Å². The number of rotatable bonds is 5. The zero-order valence-corrected chi connectivity index (χ0v) is 21.5. The third-order valence-corrected chi connectivity index (χ3v) is 7.95. The topological polar surface area (TPSA) is 62.1 Å². The number of fused-ring (bicyclic) bond motifs is 1. The van der Waals surface area contributed by atoms with Gasteiger partial charge in [0.25, 0.3) is 5.91 Å². The first-order chi connectivity index (χ1) is 17.2. The molecule has 0 aliphatic heterocycles. The van der Waals surface area contributed by atoms with Crippen LogP contribution in [0.5, 0.6) is 5.75 Å². The summed E-state index contributed by atoms with van der Waals surface area (Å²) in [7, 11) is 0. The van der Waals surface area contributed by atoms with Gasteiger partial charge in [0.1, 0.15) is 23.4 Å². The summed E-state index contributed by atoms with van der Waals surface area (Å²) in [4.78, 5) is 14.4. The van der Waals surface area contributed by atoms with Gasteiger partial charge in [-0.3, -0.25) is 4.79 Å². The van der Waals surface area contributed by atoms with Gasteiger partial charge in [-0.15, -0.1) is 11.3 Å². The number of amides is 1. The van der Waals surface area contributed by atoms with Gasteiger partial charge in [0.2, 0.25) is 0 Å². The molecule has 0 atom stereocenters. The van der Waals surface area contributed by atoms with Gasteiger partial charge in [0.15, 0.2) is 0 Å². The van der Waals surface area contributed by atoms with Crippen molar-refractivity contribution in [3.8, 4) is 11.8 Å².